The number of fused-ring (bicyclic) bond motifs is 6. The largest absolute Gasteiger partial charge is 0.333 e. The van der Waals surface area contributed by atoms with E-state index in [2.05, 4.69) is 133 Å². The summed E-state index contributed by atoms with van der Waals surface area (Å²) in [6.45, 7) is 2.26. The summed E-state index contributed by atoms with van der Waals surface area (Å²) < 4.78 is 5.23. The molecule has 0 aliphatic heterocycles. The number of rotatable bonds is 8. The molecule has 260 valence electrons. The van der Waals surface area contributed by atoms with E-state index in [-0.39, 0.29) is 6.04 Å². The summed E-state index contributed by atoms with van der Waals surface area (Å²) >= 11 is 1.91. The molecule has 1 aliphatic carbocycles. The average molecular weight is 715 g/mol. The van der Waals surface area contributed by atoms with Crippen LogP contribution in [0.5, 0.6) is 0 Å². The SMILES string of the molecule is CCCCc1ccc2sc3c(-c4ccc5c6ccccc6n(C6C=CC=C(c7nc(-c8ccccc8)nc(-c8ccccc8)n7)C6)c5c4)cccc3c2c1. The molecule has 1 unspecified atom stereocenters. The Bertz CT molecular complexity index is 2840. The number of hydrogen-bond acceptors (Lipinski definition) is 4. The lowest BCUT2D eigenvalue weighted by Gasteiger charge is -2.22. The Kier molecular flexibility index (Phi) is 8.22. The van der Waals surface area contributed by atoms with Crippen molar-refractivity contribution in [1.82, 2.24) is 19.5 Å². The van der Waals surface area contributed by atoms with Crippen molar-refractivity contribution in [3.05, 3.63) is 169 Å². The minimum atomic E-state index is 0.0708. The van der Waals surface area contributed by atoms with Gasteiger partial charge in [-0.2, -0.15) is 0 Å². The number of nitrogens with zero attached hydrogens (tertiary/aromatic N) is 4. The summed E-state index contributed by atoms with van der Waals surface area (Å²) in [7, 11) is 0. The summed E-state index contributed by atoms with van der Waals surface area (Å²) in [6.07, 6.45) is 11.0. The Morgan fingerprint density at radius 1 is 0.611 bits per heavy atom. The summed E-state index contributed by atoms with van der Waals surface area (Å²) in [5, 5.41) is 5.25. The van der Waals surface area contributed by atoms with Crippen LogP contribution in [0.1, 0.15) is 43.6 Å². The van der Waals surface area contributed by atoms with Crippen molar-refractivity contribution in [2.24, 2.45) is 0 Å². The van der Waals surface area contributed by atoms with Crippen molar-refractivity contribution in [1.29, 1.82) is 0 Å². The Balaban J connectivity index is 1.08. The van der Waals surface area contributed by atoms with E-state index in [1.54, 1.807) is 0 Å². The predicted molar refractivity (Wildman–Crippen MR) is 228 cm³/mol. The summed E-state index contributed by atoms with van der Waals surface area (Å²) in [4.78, 5) is 15.1. The molecule has 0 N–H and O–H groups in total. The lowest BCUT2D eigenvalue weighted by Crippen LogP contribution is -2.11. The molecule has 0 amide bonds. The Morgan fingerprint density at radius 3 is 2.09 bits per heavy atom. The van der Waals surface area contributed by atoms with Gasteiger partial charge in [0.15, 0.2) is 17.5 Å². The van der Waals surface area contributed by atoms with Crippen molar-refractivity contribution < 1.29 is 0 Å². The van der Waals surface area contributed by atoms with E-state index in [0.717, 1.165) is 29.5 Å². The summed E-state index contributed by atoms with van der Waals surface area (Å²) in [6, 6.07) is 50.2. The molecule has 0 saturated heterocycles. The number of aryl methyl sites for hydroxylation is 1. The fraction of sp³-hybridized carbons (Fsp3) is 0.122. The Morgan fingerprint density at radius 2 is 1.31 bits per heavy atom. The Hall–Kier alpha value is -6.17. The van der Waals surface area contributed by atoms with Crippen LogP contribution in [0, 0.1) is 0 Å². The van der Waals surface area contributed by atoms with Crippen molar-refractivity contribution >= 4 is 58.9 Å². The number of unbranched alkanes of at least 4 members (excludes halogenated alkanes) is 1. The molecule has 0 spiro atoms. The molecule has 1 atom stereocenters. The van der Waals surface area contributed by atoms with Gasteiger partial charge in [0.05, 0.1) is 11.6 Å². The highest BCUT2D eigenvalue weighted by atomic mass is 32.1. The van der Waals surface area contributed by atoms with Gasteiger partial charge in [0.25, 0.3) is 0 Å². The van der Waals surface area contributed by atoms with E-state index in [4.69, 9.17) is 15.0 Å². The Labute approximate surface area is 318 Å². The van der Waals surface area contributed by atoms with Gasteiger partial charge in [-0.05, 0) is 59.4 Å². The molecule has 4 nitrogen and oxygen atoms in total. The normalized spacial score (nSPS) is 14.4. The highest BCUT2D eigenvalue weighted by Gasteiger charge is 2.23. The van der Waals surface area contributed by atoms with Gasteiger partial charge in [-0.15, -0.1) is 11.3 Å². The maximum Gasteiger partial charge on any atom is 0.164 e. The maximum absolute atomic E-state index is 5.08. The van der Waals surface area contributed by atoms with E-state index in [1.807, 2.05) is 47.7 Å². The zero-order chi connectivity index (χ0) is 36.0. The molecule has 3 heterocycles. The van der Waals surface area contributed by atoms with Gasteiger partial charge < -0.3 is 4.57 Å². The number of benzene rings is 6. The highest BCUT2D eigenvalue weighted by molar-refractivity contribution is 7.26. The first-order valence-electron chi connectivity index (χ1n) is 18.9. The molecule has 6 aromatic carbocycles. The van der Waals surface area contributed by atoms with Gasteiger partial charge in [0.1, 0.15) is 0 Å². The number of aromatic nitrogens is 4. The molecule has 1 aliphatic rings. The number of thiophene rings is 1. The standard InChI is InChI=1S/C49H38N4S/c1-2-3-14-32-25-28-45-42(29-32)41-23-13-22-38(46(41)54-45)35-26-27-40-39-21-10-11-24-43(39)53(44(40)31-35)37-20-12-19-36(30-37)49-51-47(33-15-6-4-7-16-33)50-48(52-49)34-17-8-5-9-18-34/h4-13,15-29,31,37H,2-3,14,30H2,1H3. The smallest absolute Gasteiger partial charge is 0.164 e. The van der Waals surface area contributed by atoms with Gasteiger partial charge in [0.2, 0.25) is 0 Å². The second kappa shape index (κ2) is 13.7. The molecule has 54 heavy (non-hydrogen) atoms. The first kappa shape index (κ1) is 32.5. The third-order valence-corrected chi connectivity index (χ3v) is 12.0. The van der Waals surface area contributed by atoms with Crippen molar-refractivity contribution in [2.75, 3.05) is 0 Å². The molecule has 10 rings (SSSR count). The average Bonchev–Trinajstić information content (AvgIpc) is 3.78. The topological polar surface area (TPSA) is 43.6 Å². The molecular weight excluding hydrogens is 677 g/mol. The van der Waals surface area contributed by atoms with E-state index < -0.39 is 0 Å². The van der Waals surface area contributed by atoms with Gasteiger partial charge in [0, 0.05) is 54.0 Å². The number of hydrogen-bond donors (Lipinski definition) is 0. The minimum Gasteiger partial charge on any atom is -0.333 e. The van der Waals surface area contributed by atoms with Gasteiger partial charge in [-0.1, -0.05) is 147 Å². The van der Waals surface area contributed by atoms with Crippen LogP contribution < -0.4 is 0 Å². The minimum absolute atomic E-state index is 0.0708. The quantitative estimate of drug-likeness (QED) is 0.157. The van der Waals surface area contributed by atoms with E-state index in [9.17, 15) is 0 Å². The second-order valence-electron chi connectivity index (χ2n) is 14.2. The summed E-state index contributed by atoms with van der Waals surface area (Å²) in [5.74, 6) is 2.08. The van der Waals surface area contributed by atoms with Gasteiger partial charge in [-0.3, -0.25) is 0 Å². The molecule has 0 saturated carbocycles. The molecule has 0 bridgehead atoms. The van der Waals surface area contributed by atoms with E-state index in [1.165, 1.54) is 71.5 Å². The van der Waals surface area contributed by atoms with Gasteiger partial charge >= 0.3 is 0 Å². The molecule has 9 aromatic rings. The van der Waals surface area contributed by atoms with Crippen molar-refractivity contribution in [3.63, 3.8) is 0 Å². The van der Waals surface area contributed by atoms with Crippen LogP contribution in [0.2, 0.25) is 0 Å². The van der Waals surface area contributed by atoms with Crippen LogP contribution in [-0.2, 0) is 6.42 Å². The lowest BCUT2D eigenvalue weighted by atomic mass is 9.98. The molecular formula is C49H38N4S. The van der Waals surface area contributed by atoms with Crippen LogP contribution in [0.25, 0.3) is 81.5 Å². The molecule has 0 radical (unpaired) electrons. The summed E-state index contributed by atoms with van der Waals surface area (Å²) in [5.41, 5.74) is 9.46. The van der Waals surface area contributed by atoms with Crippen LogP contribution >= 0.6 is 11.3 Å². The lowest BCUT2D eigenvalue weighted by molar-refractivity contribution is 0.653. The van der Waals surface area contributed by atoms with Crippen LogP contribution in [-0.4, -0.2) is 19.5 Å². The first-order valence-corrected chi connectivity index (χ1v) is 19.8. The molecule has 3 aromatic heterocycles. The first-order chi connectivity index (χ1) is 26.7. The zero-order valence-corrected chi connectivity index (χ0v) is 30.9. The van der Waals surface area contributed by atoms with Crippen molar-refractivity contribution in [2.45, 2.75) is 38.6 Å². The third-order valence-electron chi connectivity index (χ3n) is 10.8. The fourth-order valence-electron chi connectivity index (χ4n) is 8.09. The molecule has 0 fully saturated rings. The fourth-order valence-corrected chi connectivity index (χ4v) is 9.31. The number of allylic oxidation sites excluding steroid dienone is 4. The van der Waals surface area contributed by atoms with E-state index >= 15 is 0 Å². The van der Waals surface area contributed by atoms with Crippen LogP contribution in [0.3, 0.4) is 0 Å². The monoisotopic (exact) mass is 714 g/mol. The number of para-hydroxylation sites is 1. The van der Waals surface area contributed by atoms with Crippen molar-refractivity contribution in [3.8, 4) is 33.9 Å². The van der Waals surface area contributed by atoms with Gasteiger partial charge in [-0.25, -0.2) is 15.0 Å². The van der Waals surface area contributed by atoms with Crippen LogP contribution in [0.15, 0.2) is 158 Å². The predicted octanol–water partition coefficient (Wildman–Crippen LogP) is 13.3. The maximum atomic E-state index is 5.08. The zero-order valence-electron chi connectivity index (χ0n) is 30.1. The second-order valence-corrected chi connectivity index (χ2v) is 15.3. The van der Waals surface area contributed by atoms with Crippen LogP contribution in [0.4, 0.5) is 0 Å². The highest BCUT2D eigenvalue weighted by Crippen LogP contribution is 2.43. The van der Waals surface area contributed by atoms with E-state index in [0.29, 0.717) is 17.5 Å². The third kappa shape index (κ3) is 5.73. The molecule has 5 heteroatoms.